The summed E-state index contributed by atoms with van der Waals surface area (Å²) in [5.41, 5.74) is 5.12. The van der Waals surface area contributed by atoms with Gasteiger partial charge in [0, 0.05) is 24.0 Å². The number of nitrogens with zero attached hydrogens (tertiary/aromatic N) is 2. The van der Waals surface area contributed by atoms with E-state index in [2.05, 4.69) is 16.0 Å². The van der Waals surface area contributed by atoms with Gasteiger partial charge >= 0.3 is 18.0 Å². The van der Waals surface area contributed by atoms with Gasteiger partial charge in [0.15, 0.2) is 0 Å². The first-order valence-corrected chi connectivity index (χ1v) is 13.0. The van der Waals surface area contributed by atoms with E-state index in [0.29, 0.717) is 5.69 Å². The summed E-state index contributed by atoms with van der Waals surface area (Å²) < 4.78 is 0. The molecular formula is C29H37N5O6. The molecule has 0 aliphatic carbocycles. The molecular weight excluding hydrogens is 514 g/mol. The molecule has 3 rings (SSSR count). The van der Waals surface area contributed by atoms with Crippen molar-refractivity contribution >= 4 is 41.2 Å². The molecule has 1 atom stereocenters. The number of imide groups is 1. The van der Waals surface area contributed by atoms with Gasteiger partial charge in [0.25, 0.3) is 5.91 Å². The van der Waals surface area contributed by atoms with Gasteiger partial charge in [-0.25, -0.2) is 9.59 Å². The van der Waals surface area contributed by atoms with Crippen LogP contribution in [0.25, 0.3) is 0 Å². The maximum Gasteiger partial charge on any atom is 0.328 e. The molecule has 2 aromatic carbocycles. The zero-order chi connectivity index (χ0) is 29.9. The fourth-order valence-corrected chi connectivity index (χ4v) is 4.73. The molecule has 11 nitrogen and oxygen atoms in total. The number of carbonyl (C=O) groups excluding carboxylic acids is 4. The fourth-order valence-electron chi connectivity index (χ4n) is 4.73. The first-order chi connectivity index (χ1) is 18.6. The van der Waals surface area contributed by atoms with Crippen molar-refractivity contribution in [3.8, 4) is 0 Å². The van der Waals surface area contributed by atoms with Crippen LogP contribution in [-0.4, -0.2) is 62.9 Å². The van der Waals surface area contributed by atoms with Crippen molar-refractivity contribution in [1.29, 1.82) is 0 Å². The lowest BCUT2D eigenvalue weighted by atomic mass is 9.98. The molecule has 214 valence electrons. The number of hydrogen-bond donors (Lipinski definition) is 4. The number of nitrogens with one attached hydrogen (secondary N) is 3. The molecule has 11 heteroatoms. The van der Waals surface area contributed by atoms with Crippen LogP contribution in [0.15, 0.2) is 30.3 Å². The summed E-state index contributed by atoms with van der Waals surface area (Å²) in [6.45, 7) is 12.3. The summed E-state index contributed by atoms with van der Waals surface area (Å²) in [4.78, 5) is 64.2. The maximum atomic E-state index is 13.1. The highest BCUT2D eigenvalue weighted by Gasteiger charge is 2.51. The topological polar surface area (TPSA) is 148 Å². The lowest BCUT2D eigenvalue weighted by Gasteiger charge is -2.27. The number of amides is 6. The number of urea groups is 2. The molecule has 0 aromatic heterocycles. The number of hydrogen-bond acceptors (Lipinski definition) is 5. The molecule has 0 radical (unpaired) electrons. The van der Waals surface area contributed by atoms with E-state index in [0.717, 1.165) is 38.4 Å². The highest BCUT2D eigenvalue weighted by molar-refractivity contribution is 6.08. The van der Waals surface area contributed by atoms with Gasteiger partial charge < -0.3 is 26.0 Å². The Kier molecular flexibility index (Phi) is 8.87. The molecule has 0 saturated carbocycles. The number of aryl methyl sites for hydroxylation is 2. The van der Waals surface area contributed by atoms with Crippen molar-refractivity contribution in [3.63, 3.8) is 0 Å². The highest BCUT2D eigenvalue weighted by Crippen LogP contribution is 2.30. The zero-order valence-electron chi connectivity index (χ0n) is 24.0. The van der Waals surface area contributed by atoms with Gasteiger partial charge in [-0.05, 0) is 88.4 Å². The van der Waals surface area contributed by atoms with E-state index < -0.39 is 41.9 Å². The Morgan fingerprint density at radius 1 is 0.950 bits per heavy atom. The Labute approximate surface area is 233 Å². The van der Waals surface area contributed by atoms with E-state index in [9.17, 15) is 24.0 Å². The number of carboxylic acids is 1. The molecule has 1 unspecified atom stereocenters. The number of benzene rings is 2. The van der Waals surface area contributed by atoms with Crippen molar-refractivity contribution < 1.29 is 29.1 Å². The fraction of sp³-hybridized carbons (Fsp3) is 0.414. The van der Waals surface area contributed by atoms with Crippen molar-refractivity contribution in [2.75, 3.05) is 17.2 Å². The first-order valence-electron chi connectivity index (χ1n) is 13.0. The lowest BCUT2D eigenvalue weighted by Crippen LogP contribution is -2.45. The third kappa shape index (κ3) is 6.59. The summed E-state index contributed by atoms with van der Waals surface area (Å²) >= 11 is 0. The number of carboxylic acid groups (broad SMARTS) is 1. The van der Waals surface area contributed by atoms with Gasteiger partial charge in [0.05, 0.1) is 6.42 Å². The SMILES string of the molecule is Cc1cc(C)c(NC(=O)Nc2ccc(CN3C(=O)N(CC(=O)NC(C)CC(=O)O)C(=O)C3(C)C)cc2)c(C)c1C. The van der Waals surface area contributed by atoms with Crippen LogP contribution in [0.3, 0.4) is 0 Å². The molecule has 1 saturated heterocycles. The average molecular weight is 552 g/mol. The molecule has 0 bridgehead atoms. The number of carbonyl (C=O) groups is 5. The van der Waals surface area contributed by atoms with Crippen molar-refractivity contribution in [2.45, 2.75) is 73.0 Å². The van der Waals surface area contributed by atoms with Crippen LogP contribution in [-0.2, 0) is 20.9 Å². The average Bonchev–Trinajstić information content (AvgIpc) is 3.00. The minimum absolute atomic E-state index is 0.110. The second-order valence-corrected chi connectivity index (χ2v) is 10.8. The van der Waals surface area contributed by atoms with E-state index in [1.807, 2.05) is 33.8 Å². The predicted molar refractivity (Wildman–Crippen MR) is 151 cm³/mol. The Bertz CT molecular complexity index is 1350. The molecule has 2 aromatic rings. The number of rotatable bonds is 9. The third-order valence-electron chi connectivity index (χ3n) is 7.24. The third-order valence-corrected chi connectivity index (χ3v) is 7.24. The van der Waals surface area contributed by atoms with Crippen LogP contribution < -0.4 is 16.0 Å². The van der Waals surface area contributed by atoms with Crippen molar-refractivity contribution in [2.24, 2.45) is 0 Å². The standard InChI is InChI=1S/C29H37N5O6/c1-16-12-17(2)25(20(5)19(16)4)32-27(39)31-22-10-8-21(9-11-22)14-34-28(40)33(26(38)29(34,6)7)15-23(35)30-18(3)13-24(36)37/h8-12,18H,13-15H2,1-7H3,(H,30,35)(H,36,37)(H2,31,32,39). The lowest BCUT2D eigenvalue weighted by molar-refractivity contribution is -0.138. The van der Waals surface area contributed by atoms with Crippen LogP contribution in [0.2, 0.25) is 0 Å². The number of aliphatic carboxylic acids is 1. The molecule has 1 aliphatic rings. The second-order valence-electron chi connectivity index (χ2n) is 10.8. The molecule has 6 amide bonds. The normalized spacial score (nSPS) is 15.2. The molecule has 1 heterocycles. The number of anilines is 2. The second kappa shape index (κ2) is 11.8. The van der Waals surface area contributed by atoms with Gasteiger partial charge in [-0.3, -0.25) is 19.3 Å². The Morgan fingerprint density at radius 3 is 2.17 bits per heavy atom. The van der Waals surface area contributed by atoms with Gasteiger partial charge in [-0.2, -0.15) is 0 Å². The van der Waals surface area contributed by atoms with Crippen molar-refractivity contribution in [3.05, 3.63) is 58.1 Å². The minimum Gasteiger partial charge on any atom is -0.481 e. The van der Waals surface area contributed by atoms with E-state index in [4.69, 9.17) is 5.11 Å². The molecule has 1 fully saturated rings. The maximum absolute atomic E-state index is 13.1. The van der Waals surface area contributed by atoms with Gasteiger partial charge in [-0.1, -0.05) is 18.2 Å². The van der Waals surface area contributed by atoms with E-state index in [-0.39, 0.29) is 19.0 Å². The van der Waals surface area contributed by atoms with Crippen molar-refractivity contribution in [1.82, 2.24) is 15.1 Å². The largest absolute Gasteiger partial charge is 0.481 e. The van der Waals surface area contributed by atoms with E-state index in [1.54, 1.807) is 38.1 Å². The van der Waals surface area contributed by atoms with Crippen LogP contribution in [0.1, 0.15) is 55.0 Å². The summed E-state index contributed by atoms with van der Waals surface area (Å²) in [7, 11) is 0. The molecule has 40 heavy (non-hydrogen) atoms. The highest BCUT2D eigenvalue weighted by atomic mass is 16.4. The van der Waals surface area contributed by atoms with Gasteiger partial charge in [0.1, 0.15) is 12.1 Å². The summed E-state index contributed by atoms with van der Waals surface area (Å²) in [5.74, 6) is -2.21. The minimum atomic E-state index is -1.19. The van der Waals surface area contributed by atoms with Crippen LogP contribution in [0, 0.1) is 27.7 Å². The van der Waals surface area contributed by atoms with Gasteiger partial charge in [-0.15, -0.1) is 0 Å². The van der Waals surface area contributed by atoms with E-state index >= 15 is 0 Å². The summed E-state index contributed by atoms with van der Waals surface area (Å²) in [6.07, 6.45) is -0.275. The smallest absolute Gasteiger partial charge is 0.328 e. The molecule has 4 N–H and O–H groups in total. The first kappa shape index (κ1) is 30.1. The summed E-state index contributed by atoms with van der Waals surface area (Å²) in [6, 6.07) is 7.31. The zero-order valence-corrected chi connectivity index (χ0v) is 24.0. The molecule has 1 aliphatic heterocycles. The summed E-state index contributed by atoms with van der Waals surface area (Å²) in [5, 5.41) is 17.1. The Morgan fingerprint density at radius 2 is 1.57 bits per heavy atom. The Hall–Kier alpha value is -4.41. The monoisotopic (exact) mass is 551 g/mol. The van der Waals surface area contributed by atoms with Gasteiger partial charge in [0.2, 0.25) is 5.91 Å². The van der Waals surface area contributed by atoms with Crippen LogP contribution in [0.5, 0.6) is 0 Å². The van der Waals surface area contributed by atoms with E-state index in [1.165, 1.54) is 11.8 Å². The predicted octanol–water partition coefficient (Wildman–Crippen LogP) is 4.09. The van der Waals surface area contributed by atoms with Crippen LogP contribution >= 0.6 is 0 Å². The molecule has 0 spiro atoms. The Balaban J connectivity index is 1.64. The van der Waals surface area contributed by atoms with Crippen LogP contribution in [0.4, 0.5) is 21.0 Å². The quantitative estimate of drug-likeness (QED) is 0.345.